The van der Waals surface area contributed by atoms with E-state index in [0.717, 1.165) is 22.8 Å². The Bertz CT molecular complexity index is 1470. The average Bonchev–Trinajstić information content (AvgIpc) is 3.34. The number of rotatable bonds is 7. The van der Waals surface area contributed by atoms with Gasteiger partial charge < -0.3 is 10.6 Å². The summed E-state index contributed by atoms with van der Waals surface area (Å²) in [6, 6.07) is 35.0. The molecule has 0 bridgehead atoms. The molecule has 1 amide bonds. The van der Waals surface area contributed by atoms with Crippen LogP contribution in [0.2, 0.25) is 0 Å². The molecule has 0 aliphatic carbocycles. The van der Waals surface area contributed by atoms with E-state index < -0.39 is 0 Å². The van der Waals surface area contributed by atoms with Crippen molar-refractivity contribution in [1.82, 2.24) is 9.78 Å². The molecule has 0 aliphatic heterocycles. The van der Waals surface area contributed by atoms with Crippen molar-refractivity contribution in [1.29, 1.82) is 0 Å². The van der Waals surface area contributed by atoms with Crippen LogP contribution in [0.25, 0.3) is 16.9 Å². The van der Waals surface area contributed by atoms with Crippen LogP contribution in [0.5, 0.6) is 0 Å². The van der Waals surface area contributed by atoms with Crippen molar-refractivity contribution in [3.05, 3.63) is 121 Å². The highest BCUT2D eigenvalue weighted by Crippen LogP contribution is 2.30. The molecule has 0 spiro atoms. The van der Waals surface area contributed by atoms with Crippen molar-refractivity contribution in [2.45, 2.75) is 0 Å². The molecule has 0 fully saturated rings. The molecule has 5 aromatic rings. The summed E-state index contributed by atoms with van der Waals surface area (Å²) < 4.78 is 1.83. The van der Waals surface area contributed by atoms with E-state index in [1.807, 2.05) is 89.6 Å². The lowest BCUT2D eigenvalue weighted by atomic mass is 10.1. The molecule has 178 valence electrons. The first-order valence-corrected chi connectivity index (χ1v) is 11.2. The van der Waals surface area contributed by atoms with E-state index in [0.29, 0.717) is 16.9 Å². The van der Waals surface area contributed by atoms with Crippen molar-refractivity contribution < 1.29 is 15.2 Å². The summed E-state index contributed by atoms with van der Waals surface area (Å²) >= 11 is 0. The summed E-state index contributed by atoms with van der Waals surface area (Å²) in [7, 11) is 0. The highest BCUT2D eigenvalue weighted by Gasteiger charge is 2.15. The third-order valence-corrected chi connectivity index (χ3v) is 5.58. The monoisotopic (exact) mass is 477 g/mol. The normalized spacial score (nSPS) is 10.6. The molecule has 4 aromatic carbocycles. The van der Waals surface area contributed by atoms with Crippen LogP contribution >= 0.6 is 0 Å². The van der Waals surface area contributed by atoms with E-state index >= 15 is 0 Å². The molecule has 0 unspecified atom stereocenters. The van der Waals surface area contributed by atoms with Gasteiger partial charge in [0, 0.05) is 17.2 Å². The van der Waals surface area contributed by atoms with Gasteiger partial charge in [-0.05, 0) is 48.5 Å². The van der Waals surface area contributed by atoms with Gasteiger partial charge >= 0.3 is 0 Å². The number of anilines is 4. The number of carbonyl (C=O) groups is 1. The van der Waals surface area contributed by atoms with Crippen molar-refractivity contribution >= 4 is 28.8 Å². The molecular formula is C28H23N5O3. The van der Waals surface area contributed by atoms with Crippen LogP contribution in [0.15, 0.2) is 115 Å². The minimum Gasteiger partial charge on any atom is -0.338 e. The fourth-order valence-corrected chi connectivity index (χ4v) is 3.77. The first-order valence-electron chi connectivity index (χ1n) is 11.2. The maximum atomic E-state index is 12.9. The van der Waals surface area contributed by atoms with Gasteiger partial charge in [0.2, 0.25) is 0 Å². The molecule has 0 saturated heterocycles. The first-order chi connectivity index (χ1) is 17.6. The number of hydrogen-bond donors (Lipinski definition) is 4. The van der Waals surface area contributed by atoms with Crippen LogP contribution in [0, 0.1) is 0 Å². The van der Waals surface area contributed by atoms with Gasteiger partial charge in [-0.25, -0.2) is 4.68 Å². The quantitative estimate of drug-likeness (QED) is 0.211. The molecule has 0 radical (unpaired) electrons. The Balaban J connectivity index is 1.46. The van der Waals surface area contributed by atoms with Gasteiger partial charge in [-0.1, -0.05) is 60.7 Å². The number of carbonyl (C=O) groups excluding carboxylic acids is 1. The Morgan fingerprint density at radius 2 is 1.36 bits per heavy atom. The molecule has 1 aromatic heterocycles. The van der Waals surface area contributed by atoms with Gasteiger partial charge in [-0.2, -0.15) is 5.10 Å². The molecule has 0 atom stereocenters. The zero-order valence-electron chi connectivity index (χ0n) is 19.1. The van der Waals surface area contributed by atoms with Crippen LogP contribution in [0.4, 0.5) is 22.9 Å². The van der Waals surface area contributed by atoms with Crippen LogP contribution < -0.4 is 15.9 Å². The number of amides is 1. The third kappa shape index (κ3) is 4.95. The van der Waals surface area contributed by atoms with E-state index in [-0.39, 0.29) is 16.8 Å². The summed E-state index contributed by atoms with van der Waals surface area (Å²) in [4.78, 5) is 12.9. The zero-order chi connectivity index (χ0) is 24.9. The van der Waals surface area contributed by atoms with Crippen molar-refractivity contribution in [2.75, 3.05) is 15.9 Å². The van der Waals surface area contributed by atoms with Gasteiger partial charge in [0.15, 0.2) is 0 Å². The van der Waals surface area contributed by atoms with Crippen LogP contribution in [0.1, 0.15) is 10.4 Å². The second kappa shape index (κ2) is 10.1. The fraction of sp³-hybridized carbons (Fsp3) is 0. The van der Waals surface area contributed by atoms with E-state index in [2.05, 4.69) is 10.6 Å². The Hall–Kier alpha value is -4.92. The molecule has 36 heavy (non-hydrogen) atoms. The Labute approximate surface area is 207 Å². The first kappa shape index (κ1) is 22.9. The van der Waals surface area contributed by atoms with Gasteiger partial charge in [0.25, 0.3) is 5.91 Å². The second-order valence-electron chi connectivity index (χ2n) is 7.99. The molecule has 0 saturated carbocycles. The highest BCUT2D eigenvalue weighted by atomic mass is 16.8. The SMILES string of the molecule is O=C(Nc1ccccc1Nc1cc(-c2ccccc2)nn1-c1ccccc1)c1ccc(N(O)O)cc1. The Kier molecular flexibility index (Phi) is 6.44. The van der Waals surface area contributed by atoms with Crippen LogP contribution in [-0.2, 0) is 0 Å². The maximum Gasteiger partial charge on any atom is 0.255 e. The van der Waals surface area contributed by atoms with Gasteiger partial charge in [-0.15, -0.1) is 5.23 Å². The molecule has 4 N–H and O–H groups in total. The molecule has 8 nitrogen and oxygen atoms in total. The minimum atomic E-state index is -0.334. The van der Waals surface area contributed by atoms with E-state index in [1.165, 1.54) is 24.3 Å². The minimum absolute atomic E-state index is 0.000488. The number of para-hydroxylation sites is 3. The topological polar surface area (TPSA) is 103 Å². The summed E-state index contributed by atoms with van der Waals surface area (Å²) in [5, 5.41) is 29.4. The Morgan fingerprint density at radius 3 is 2.03 bits per heavy atom. The lowest BCUT2D eigenvalue weighted by Crippen LogP contribution is -2.14. The molecule has 8 heteroatoms. The molecule has 1 heterocycles. The fourth-order valence-electron chi connectivity index (χ4n) is 3.77. The number of hydrogen-bond acceptors (Lipinski definition) is 6. The van der Waals surface area contributed by atoms with Crippen molar-refractivity contribution in [3.63, 3.8) is 0 Å². The second-order valence-corrected chi connectivity index (χ2v) is 7.99. The maximum absolute atomic E-state index is 12.9. The third-order valence-electron chi connectivity index (χ3n) is 5.58. The lowest BCUT2D eigenvalue weighted by Gasteiger charge is -2.14. The standard InChI is InChI=1S/C28H23N5O3/c34-28(21-15-17-23(18-16-21)33(35)36)30-25-14-8-7-13-24(25)29-27-19-26(20-9-3-1-4-10-20)31-32(27)22-11-5-2-6-12-22/h1-19,29,35-36H,(H,30,34). The van der Waals surface area contributed by atoms with E-state index in [1.54, 1.807) is 6.07 Å². The number of nitrogens with one attached hydrogen (secondary N) is 2. The zero-order valence-corrected chi connectivity index (χ0v) is 19.1. The average molecular weight is 478 g/mol. The number of benzene rings is 4. The molecule has 0 aliphatic rings. The molecule has 5 rings (SSSR count). The van der Waals surface area contributed by atoms with Crippen LogP contribution in [-0.4, -0.2) is 26.1 Å². The largest absolute Gasteiger partial charge is 0.338 e. The van der Waals surface area contributed by atoms with Crippen molar-refractivity contribution in [2.24, 2.45) is 0 Å². The summed E-state index contributed by atoms with van der Waals surface area (Å²) in [6.07, 6.45) is 0. The number of nitrogens with zero attached hydrogens (tertiary/aromatic N) is 3. The molecular weight excluding hydrogens is 454 g/mol. The van der Waals surface area contributed by atoms with Gasteiger partial charge in [-0.3, -0.25) is 15.2 Å². The number of aromatic nitrogens is 2. The smallest absolute Gasteiger partial charge is 0.255 e. The highest BCUT2D eigenvalue weighted by molar-refractivity contribution is 6.06. The summed E-state index contributed by atoms with van der Waals surface area (Å²) in [5.74, 6) is 0.400. The predicted molar refractivity (Wildman–Crippen MR) is 139 cm³/mol. The van der Waals surface area contributed by atoms with E-state index in [4.69, 9.17) is 15.5 Å². The van der Waals surface area contributed by atoms with Gasteiger partial charge in [0.1, 0.15) is 5.82 Å². The predicted octanol–water partition coefficient (Wildman–Crippen LogP) is 6.12. The van der Waals surface area contributed by atoms with Crippen LogP contribution in [0.3, 0.4) is 0 Å². The summed E-state index contributed by atoms with van der Waals surface area (Å²) in [6.45, 7) is 0. The lowest BCUT2D eigenvalue weighted by molar-refractivity contribution is 0.0291. The van der Waals surface area contributed by atoms with E-state index in [9.17, 15) is 4.79 Å². The summed E-state index contributed by atoms with van der Waals surface area (Å²) in [5.41, 5.74) is 4.49. The van der Waals surface area contributed by atoms with Gasteiger partial charge in [0.05, 0.1) is 28.4 Å². The van der Waals surface area contributed by atoms with Crippen molar-refractivity contribution in [3.8, 4) is 16.9 Å². The Morgan fingerprint density at radius 1 is 0.750 bits per heavy atom.